The number of hydrogen-bond donors (Lipinski definition) is 1. The van der Waals surface area contributed by atoms with Gasteiger partial charge in [0, 0.05) is 20.1 Å². The van der Waals surface area contributed by atoms with E-state index in [1.165, 1.54) is 31.3 Å². The minimum absolute atomic E-state index is 0.0781. The Bertz CT molecular complexity index is 1400. The normalized spacial score (nSPS) is 16.8. The van der Waals surface area contributed by atoms with Crippen molar-refractivity contribution in [1.82, 2.24) is 10.2 Å². The molecule has 1 fully saturated rings. The molecule has 3 aromatic carbocycles. The Morgan fingerprint density at radius 1 is 0.951 bits per heavy atom. The molecule has 0 aromatic heterocycles. The number of hydrogen-bond acceptors (Lipinski definition) is 4. The van der Waals surface area contributed by atoms with Crippen molar-refractivity contribution in [3.63, 3.8) is 0 Å². The van der Waals surface area contributed by atoms with Gasteiger partial charge < -0.3 is 19.7 Å². The van der Waals surface area contributed by atoms with Gasteiger partial charge in [-0.2, -0.15) is 13.2 Å². The molecule has 0 bridgehead atoms. The first kappa shape index (κ1) is 30.0. The molecule has 1 aliphatic rings. The van der Waals surface area contributed by atoms with Crippen LogP contribution in [0.1, 0.15) is 35.1 Å². The summed E-state index contributed by atoms with van der Waals surface area (Å²) in [5.41, 5.74) is -2.92. The van der Waals surface area contributed by atoms with Crippen LogP contribution in [0.25, 0.3) is 0 Å². The van der Waals surface area contributed by atoms with Crippen molar-refractivity contribution >= 4 is 11.8 Å². The predicted molar refractivity (Wildman–Crippen MR) is 140 cm³/mol. The fraction of sp³-hybridized carbons (Fsp3) is 0.333. The maximum absolute atomic E-state index is 14.8. The summed E-state index contributed by atoms with van der Waals surface area (Å²) in [7, 11) is 2.67. The number of alkyl halides is 3. The monoisotopic (exact) mass is 576 g/mol. The fourth-order valence-corrected chi connectivity index (χ4v) is 5.23. The maximum atomic E-state index is 14.8. The third kappa shape index (κ3) is 6.51. The van der Waals surface area contributed by atoms with Crippen molar-refractivity contribution < 1.29 is 41.0 Å². The molecule has 1 heterocycles. The van der Waals surface area contributed by atoms with Gasteiger partial charge in [-0.05, 0) is 59.9 Å². The number of ether oxygens (including phenoxy) is 2. The van der Waals surface area contributed by atoms with Crippen LogP contribution in [0.4, 0.5) is 22.0 Å². The van der Waals surface area contributed by atoms with Crippen molar-refractivity contribution in [2.45, 2.75) is 37.0 Å². The molecule has 218 valence electrons. The van der Waals surface area contributed by atoms with E-state index in [9.17, 15) is 31.5 Å². The third-order valence-electron chi connectivity index (χ3n) is 7.19. The molecule has 1 saturated heterocycles. The van der Waals surface area contributed by atoms with Crippen LogP contribution in [0.5, 0.6) is 5.75 Å². The molecular weight excluding hydrogens is 547 g/mol. The Morgan fingerprint density at radius 2 is 1.66 bits per heavy atom. The first-order chi connectivity index (χ1) is 19.5. The molecule has 0 saturated carbocycles. The van der Waals surface area contributed by atoms with Crippen molar-refractivity contribution in [3.8, 4) is 5.75 Å². The van der Waals surface area contributed by atoms with Gasteiger partial charge >= 0.3 is 18.0 Å². The second-order valence-electron chi connectivity index (χ2n) is 9.85. The van der Waals surface area contributed by atoms with Crippen LogP contribution in [0.2, 0.25) is 0 Å². The molecule has 0 unspecified atom stereocenters. The molecule has 2 amide bonds. The molecule has 4 rings (SSSR count). The topological polar surface area (TPSA) is 67.9 Å². The third-order valence-corrected chi connectivity index (χ3v) is 7.19. The lowest BCUT2D eigenvalue weighted by Crippen LogP contribution is -2.55. The quantitative estimate of drug-likeness (QED) is 0.295. The molecule has 41 heavy (non-hydrogen) atoms. The van der Waals surface area contributed by atoms with E-state index in [0.29, 0.717) is 24.5 Å². The van der Waals surface area contributed by atoms with Crippen LogP contribution in [0.15, 0.2) is 66.7 Å². The van der Waals surface area contributed by atoms with E-state index in [0.717, 1.165) is 18.2 Å². The van der Waals surface area contributed by atoms with E-state index in [1.54, 1.807) is 30.3 Å². The van der Waals surface area contributed by atoms with Gasteiger partial charge in [0.05, 0.1) is 30.9 Å². The van der Waals surface area contributed by atoms with Crippen molar-refractivity contribution in [2.24, 2.45) is 0 Å². The number of carbonyl (C=O) groups is 2. The second kappa shape index (κ2) is 12.3. The largest absolute Gasteiger partial charge is 0.494 e. The zero-order valence-electron chi connectivity index (χ0n) is 22.4. The van der Waals surface area contributed by atoms with Gasteiger partial charge in [-0.25, -0.2) is 8.78 Å². The molecule has 1 aliphatic heterocycles. The van der Waals surface area contributed by atoms with E-state index in [2.05, 4.69) is 5.32 Å². The number of nitrogens with zero attached hydrogens (tertiary/aromatic N) is 1. The number of carbonyl (C=O) groups excluding carboxylic acids is 2. The first-order valence-corrected chi connectivity index (χ1v) is 12.9. The average molecular weight is 577 g/mol. The minimum Gasteiger partial charge on any atom is -0.494 e. The van der Waals surface area contributed by atoms with Gasteiger partial charge in [-0.1, -0.05) is 36.4 Å². The molecule has 0 aliphatic carbocycles. The summed E-state index contributed by atoms with van der Waals surface area (Å²) < 4.78 is 81.2. The zero-order chi connectivity index (χ0) is 29.8. The molecule has 6 nitrogen and oxygen atoms in total. The summed E-state index contributed by atoms with van der Waals surface area (Å²) in [5.74, 6) is -4.26. The molecule has 1 N–H and O–H groups in total. The summed E-state index contributed by atoms with van der Waals surface area (Å²) in [5, 5.41) is 2.64. The highest BCUT2D eigenvalue weighted by atomic mass is 19.4. The van der Waals surface area contributed by atoms with E-state index >= 15 is 0 Å². The molecule has 11 heteroatoms. The van der Waals surface area contributed by atoms with E-state index in [4.69, 9.17) is 9.47 Å². The maximum Gasteiger partial charge on any atom is 0.416 e. The molecular formula is C30H29F5N2O4. The zero-order valence-corrected chi connectivity index (χ0v) is 22.4. The lowest BCUT2D eigenvalue weighted by molar-refractivity contribution is -0.147. The standard InChI is InChI=1S/C30H29F5N2O4/c1-40-18-24-9-6-12-37(24)28(39)27(38)36-29(17-19-7-4-3-5-8-19,20-10-11-25(32)26(16-20)41-2)21-13-22(30(33,34)35)15-23(31)14-21/h3-5,7-8,10-11,13-16,24H,6,9,12,17-18H2,1-2H3,(H,36,38)/t24-,29-/m1/s1. The first-order valence-electron chi connectivity index (χ1n) is 12.9. The number of nitrogens with one attached hydrogen (secondary N) is 1. The molecule has 0 radical (unpaired) electrons. The number of amides is 2. The summed E-state index contributed by atoms with van der Waals surface area (Å²) in [6, 6.07) is 13.5. The Balaban J connectivity index is 1.94. The highest BCUT2D eigenvalue weighted by Gasteiger charge is 2.43. The SMILES string of the molecule is COC[C@H]1CCCN1C(=O)C(=O)N[C@@](Cc1ccccc1)(c1cc(F)cc(C(F)(F)F)c1)c1ccc(F)c(OC)c1. The number of halogens is 5. The fourth-order valence-electron chi connectivity index (χ4n) is 5.23. The highest BCUT2D eigenvalue weighted by Crippen LogP contribution is 2.39. The molecule has 0 spiro atoms. The van der Waals surface area contributed by atoms with Crippen LogP contribution in [-0.4, -0.2) is 50.1 Å². The number of benzene rings is 3. The molecule has 3 aromatic rings. The highest BCUT2D eigenvalue weighted by molar-refractivity contribution is 6.35. The van der Waals surface area contributed by atoms with Gasteiger partial charge in [-0.15, -0.1) is 0 Å². The minimum atomic E-state index is -4.92. The Labute approximate surface area is 234 Å². The van der Waals surface area contributed by atoms with Crippen LogP contribution in [0, 0.1) is 11.6 Å². The Morgan fingerprint density at radius 3 is 2.32 bits per heavy atom. The predicted octanol–water partition coefficient (Wildman–Crippen LogP) is 5.23. The average Bonchev–Trinajstić information content (AvgIpc) is 3.40. The van der Waals surface area contributed by atoms with E-state index < -0.39 is 40.7 Å². The van der Waals surface area contributed by atoms with Gasteiger partial charge in [0.15, 0.2) is 11.6 Å². The second-order valence-corrected chi connectivity index (χ2v) is 9.85. The Kier molecular flexibility index (Phi) is 8.96. The van der Waals surface area contributed by atoms with Gasteiger partial charge in [0.25, 0.3) is 0 Å². The van der Waals surface area contributed by atoms with Crippen LogP contribution in [0.3, 0.4) is 0 Å². The van der Waals surface area contributed by atoms with Crippen molar-refractivity contribution in [1.29, 1.82) is 0 Å². The number of methoxy groups -OCH3 is 2. The number of likely N-dealkylation sites (tertiary alicyclic amines) is 1. The van der Waals surface area contributed by atoms with E-state index in [-0.39, 0.29) is 42.5 Å². The van der Waals surface area contributed by atoms with Gasteiger partial charge in [0.2, 0.25) is 0 Å². The molecule has 2 atom stereocenters. The van der Waals surface area contributed by atoms with Gasteiger partial charge in [-0.3, -0.25) is 9.59 Å². The Hall–Kier alpha value is -3.99. The van der Waals surface area contributed by atoms with Crippen molar-refractivity contribution in [3.05, 3.63) is 101 Å². The van der Waals surface area contributed by atoms with Crippen LogP contribution >= 0.6 is 0 Å². The summed E-state index contributed by atoms with van der Waals surface area (Å²) >= 11 is 0. The lowest BCUT2D eigenvalue weighted by atomic mass is 9.77. The summed E-state index contributed by atoms with van der Waals surface area (Å²) in [6.07, 6.45) is -3.88. The van der Waals surface area contributed by atoms with Crippen molar-refractivity contribution in [2.75, 3.05) is 27.4 Å². The van der Waals surface area contributed by atoms with E-state index in [1.807, 2.05) is 0 Å². The summed E-state index contributed by atoms with van der Waals surface area (Å²) in [4.78, 5) is 28.4. The van der Waals surface area contributed by atoms with Crippen LogP contribution in [-0.2, 0) is 32.5 Å². The smallest absolute Gasteiger partial charge is 0.416 e. The van der Waals surface area contributed by atoms with Crippen LogP contribution < -0.4 is 10.1 Å². The van der Waals surface area contributed by atoms with Gasteiger partial charge in [0.1, 0.15) is 5.82 Å². The summed E-state index contributed by atoms with van der Waals surface area (Å²) in [6.45, 7) is 0.483. The number of rotatable bonds is 8. The lowest BCUT2D eigenvalue weighted by Gasteiger charge is -2.37.